The summed E-state index contributed by atoms with van der Waals surface area (Å²) in [4.78, 5) is 0. The lowest BCUT2D eigenvalue weighted by molar-refractivity contribution is 0.213. The number of allylic oxidation sites excluding steroid dienone is 1. The number of rotatable bonds is 13. The van der Waals surface area contributed by atoms with E-state index in [1.54, 1.807) is 11.9 Å². The molecule has 0 saturated heterocycles. The molecule has 0 radical (unpaired) electrons. The molecule has 0 fully saturated rings. The summed E-state index contributed by atoms with van der Waals surface area (Å²) in [6.45, 7) is 6.43. The van der Waals surface area contributed by atoms with Crippen LogP contribution in [0.25, 0.3) is 6.08 Å². The van der Waals surface area contributed by atoms with Crippen molar-refractivity contribution < 1.29 is 18.7 Å². The Bertz CT molecular complexity index is 585. The Morgan fingerprint density at radius 1 is 1.12 bits per heavy atom. The Kier molecular flexibility index (Phi) is 11.5. The van der Waals surface area contributed by atoms with Crippen molar-refractivity contribution in [1.29, 1.82) is 0 Å². The van der Waals surface area contributed by atoms with Crippen LogP contribution in [-0.2, 0) is 13.6 Å². The molecule has 0 aromatic heterocycles. The van der Waals surface area contributed by atoms with Crippen molar-refractivity contribution in [2.75, 3.05) is 13.2 Å². The Hall–Kier alpha value is -1.19. The van der Waals surface area contributed by atoms with Crippen LogP contribution in [0, 0.1) is 0 Å². The molecule has 1 aromatic carbocycles. The van der Waals surface area contributed by atoms with Gasteiger partial charge in [-0.25, -0.2) is 0 Å². The van der Waals surface area contributed by atoms with Crippen molar-refractivity contribution in [3.8, 4) is 0 Å². The van der Waals surface area contributed by atoms with E-state index >= 15 is 0 Å². The van der Waals surface area contributed by atoms with E-state index in [2.05, 4.69) is 6.92 Å². The number of aliphatic hydroxyl groups is 1. The smallest absolute Gasteiger partial charge is 0.354 e. The number of unbranched alkanes of at least 4 members (excludes halogenated alkanes) is 1. The molecule has 1 rings (SSSR count). The second-order valence-electron chi connectivity index (χ2n) is 6.14. The van der Waals surface area contributed by atoms with Gasteiger partial charge >= 0.3 is 7.60 Å². The van der Waals surface area contributed by atoms with Crippen LogP contribution in [0.3, 0.4) is 0 Å². The Morgan fingerprint density at radius 3 is 2.35 bits per heavy atom. The van der Waals surface area contributed by atoms with Crippen LogP contribution in [0.15, 0.2) is 47.8 Å². The lowest BCUT2D eigenvalue weighted by Gasteiger charge is -2.16. The van der Waals surface area contributed by atoms with E-state index in [1.165, 1.54) is 0 Å². The van der Waals surface area contributed by atoms with Crippen molar-refractivity contribution in [3.05, 3.63) is 53.4 Å². The van der Waals surface area contributed by atoms with Gasteiger partial charge in [-0.3, -0.25) is 4.57 Å². The molecule has 1 atom stereocenters. The van der Waals surface area contributed by atoms with Gasteiger partial charge in [-0.1, -0.05) is 61.4 Å². The molecule has 1 unspecified atom stereocenters. The number of benzene rings is 1. The maximum absolute atomic E-state index is 12.7. The largest absolute Gasteiger partial charge is 0.389 e. The van der Waals surface area contributed by atoms with E-state index in [-0.39, 0.29) is 0 Å². The summed E-state index contributed by atoms with van der Waals surface area (Å²) in [5.41, 5.74) is 2.09. The zero-order chi connectivity index (χ0) is 19.3. The summed E-state index contributed by atoms with van der Waals surface area (Å²) >= 11 is 0. The van der Waals surface area contributed by atoms with Crippen molar-refractivity contribution in [2.45, 2.75) is 59.0 Å². The molecule has 0 amide bonds. The van der Waals surface area contributed by atoms with Crippen molar-refractivity contribution >= 4 is 13.7 Å². The highest BCUT2D eigenvalue weighted by Gasteiger charge is 2.21. The Morgan fingerprint density at radius 2 is 1.77 bits per heavy atom. The highest BCUT2D eigenvalue weighted by Crippen LogP contribution is 2.51. The molecule has 0 heterocycles. The minimum atomic E-state index is -3.20. The van der Waals surface area contributed by atoms with E-state index in [1.807, 2.05) is 50.3 Å². The lowest BCUT2D eigenvalue weighted by Crippen LogP contribution is -2.03. The summed E-state index contributed by atoms with van der Waals surface area (Å²) in [5, 5.41) is 10.2. The fourth-order valence-electron chi connectivity index (χ4n) is 2.57. The zero-order valence-corrected chi connectivity index (χ0v) is 17.2. The third-order valence-electron chi connectivity index (χ3n) is 3.88. The monoisotopic (exact) mass is 380 g/mol. The van der Waals surface area contributed by atoms with Gasteiger partial charge in [0.2, 0.25) is 0 Å². The van der Waals surface area contributed by atoms with Gasteiger partial charge < -0.3 is 14.2 Å². The SMILES string of the molecule is CCCCC(=CP(=O)(OCC)OCC)CCC(O)/C=C/c1ccccc1. The predicted octanol–water partition coefficient (Wildman–Crippen LogP) is 6.18. The number of aliphatic hydroxyl groups excluding tert-OH is 1. The van der Waals surface area contributed by atoms with Crippen LogP contribution in [0.5, 0.6) is 0 Å². The van der Waals surface area contributed by atoms with Crippen LogP contribution in [0.1, 0.15) is 58.4 Å². The maximum Gasteiger partial charge on any atom is 0.354 e. The molecule has 146 valence electrons. The first-order valence-electron chi connectivity index (χ1n) is 9.53. The summed E-state index contributed by atoms with van der Waals surface area (Å²) < 4.78 is 23.5. The average molecular weight is 380 g/mol. The van der Waals surface area contributed by atoms with Gasteiger partial charge in [0.05, 0.1) is 19.3 Å². The molecule has 0 aliphatic rings. The summed E-state index contributed by atoms with van der Waals surface area (Å²) in [5.74, 6) is 1.67. The highest BCUT2D eigenvalue weighted by atomic mass is 31.2. The molecule has 0 aliphatic carbocycles. The normalized spacial score (nSPS) is 14.1. The fraction of sp³-hybridized carbons (Fsp3) is 0.524. The Balaban J connectivity index is 2.72. The second kappa shape index (κ2) is 13.1. The first kappa shape index (κ1) is 22.9. The van der Waals surface area contributed by atoms with Crippen LogP contribution >= 0.6 is 7.60 Å². The standard InChI is InChI=1S/C21H33O4P/c1-4-7-11-20(18-26(23,24-5-2)25-6-3)15-17-21(22)16-14-19-12-9-8-10-13-19/h8-10,12-14,16,18,21-22H,4-7,11,15,17H2,1-3H3/b16-14+,20-18?. The topological polar surface area (TPSA) is 55.8 Å². The van der Waals surface area contributed by atoms with E-state index in [4.69, 9.17) is 9.05 Å². The van der Waals surface area contributed by atoms with E-state index < -0.39 is 13.7 Å². The highest BCUT2D eigenvalue weighted by molar-refractivity contribution is 7.57. The molecular weight excluding hydrogens is 347 g/mol. The second-order valence-corrected chi connectivity index (χ2v) is 8.00. The van der Waals surface area contributed by atoms with Crippen molar-refractivity contribution in [1.82, 2.24) is 0 Å². The van der Waals surface area contributed by atoms with Crippen molar-refractivity contribution in [3.63, 3.8) is 0 Å². The molecule has 0 aliphatic heterocycles. The van der Waals surface area contributed by atoms with Crippen molar-refractivity contribution in [2.24, 2.45) is 0 Å². The molecule has 0 bridgehead atoms. The van der Waals surface area contributed by atoms with Gasteiger partial charge in [0.15, 0.2) is 0 Å². The lowest BCUT2D eigenvalue weighted by atomic mass is 10.0. The van der Waals surface area contributed by atoms with Gasteiger partial charge in [0, 0.05) is 5.82 Å². The van der Waals surface area contributed by atoms with Gasteiger partial charge in [-0.05, 0) is 45.1 Å². The summed E-state index contributed by atoms with van der Waals surface area (Å²) in [6.07, 6.45) is 7.35. The molecule has 0 spiro atoms. The predicted molar refractivity (Wildman–Crippen MR) is 109 cm³/mol. The van der Waals surface area contributed by atoms with E-state index in [0.29, 0.717) is 26.1 Å². The molecular formula is C21H33O4P. The van der Waals surface area contributed by atoms with Crippen LogP contribution < -0.4 is 0 Å². The van der Waals surface area contributed by atoms with Gasteiger partial charge in [-0.2, -0.15) is 0 Å². The molecule has 26 heavy (non-hydrogen) atoms. The van der Waals surface area contributed by atoms with E-state index in [0.717, 1.165) is 30.4 Å². The van der Waals surface area contributed by atoms with Gasteiger partial charge in [-0.15, -0.1) is 0 Å². The van der Waals surface area contributed by atoms with Gasteiger partial charge in [0.1, 0.15) is 0 Å². The third kappa shape index (κ3) is 9.49. The summed E-state index contributed by atoms with van der Waals surface area (Å²) in [7, 11) is -3.20. The van der Waals surface area contributed by atoms with Crippen LogP contribution in [0.4, 0.5) is 0 Å². The number of hydrogen-bond acceptors (Lipinski definition) is 4. The zero-order valence-electron chi connectivity index (χ0n) is 16.3. The first-order chi connectivity index (χ1) is 12.5. The molecule has 1 N–H and O–H groups in total. The third-order valence-corrected chi connectivity index (χ3v) is 5.80. The van der Waals surface area contributed by atoms with Crippen LogP contribution in [-0.4, -0.2) is 24.4 Å². The van der Waals surface area contributed by atoms with Crippen LogP contribution in [0.2, 0.25) is 0 Å². The first-order valence-corrected chi connectivity index (χ1v) is 11.1. The molecule has 4 nitrogen and oxygen atoms in total. The van der Waals surface area contributed by atoms with E-state index in [9.17, 15) is 9.67 Å². The minimum absolute atomic E-state index is 0.345. The minimum Gasteiger partial charge on any atom is -0.389 e. The van der Waals surface area contributed by atoms with Gasteiger partial charge in [0.25, 0.3) is 0 Å². The Labute approximate surface area is 158 Å². The molecule has 0 saturated carbocycles. The quantitative estimate of drug-likeness (QED) is 0.415. The molecule has 5 heteroatoms. The number of hydrogen-bond donors (Lipinski definition) is 1. The average Bonchev–Trinajstić information content (AvgIpc) is 2.63. The fourth-order valence-corrected chi connectivity index (χ4v) is 4.22. The maximum atomic E-state index is 12.7. The molecule has 1 aromatic rings. The summed E-state index contributed by atoms with van der Waals surface area (Å²) in [6, 6.07) is 9.90.